The molecular weight excluding hydrogens is 624 g/mol. The molecule has 0 spiro atoms. The monoisotopic (exact) mass is 674 g/mol. The van der Waals surface area contributed by atoms with Gasteiger partial charge in [-0.2, -0.15) is 0 Å². The van der Waals surface area contributed by atoms with Gasteiger partial charge in [-0.3, -0.25) is 9.59 Å². The summed E-state index contributed by atoms with van der Waals surface area (Å²) in [5, 5.41) is 48.5. The zero-order chi connectivity index (χ0) is 34.9. The number of hydrogen-bond acceptors (Lipinski definition) is 11. The highest BCUT2D eigenvalue weighted by atomic mass is 28.4. The third-order valence-electron chi connectivity index (χ3n) is 12.3. The lowest BCUT2D eigenvalue weighted by atomic mass is 9.44. The third kappa shape index (κ3) is 4.92. The number of esters is 2. The Morgan fingerprint density at radius 3 is 2.13 bits per heavy atom. The number of ether oxygens (including phenoxy) is 3. The van der Waals surface area contributed by atoms with Crippen LogP contribution in [0.15, 0.2) is 41.5 Å². The van der Waals surface area contributed by atoms with Crippen LogP contribution in [0.1, 0.15) is 72.2 Å². The summed E-state index contributed by atoms with van der Waals surface area (Å²) in [6, 6.07) is 10.3. The molecule has 5 rings (SSSR count). The van der Waals surface area contributed by atoms with E-state index in [4.69, 9.17) is 18.6 Å². The summed E-state index contributed by atoms with van der Waals surface area (Å²) in [6.07, 6.45) is -8.84. The van der Waals surface area contributed by atoms with Crippen molar-refractivity contribution in [3.05, 3.63) is 47.0 Å². The SMILES string of the molecule is CC[Si](CC)(CC)O[C@@H]1C[C@H]2OC[C@@]2(OC(C)=O)[C@H]2[C@H](OC(=O)c3ccccc3)[C@]3(O)[C@@H](O)[C@H](O)C(C)=C([C@@H](O)C(=O)[C@@]21C)C3(C)C. The molecule has 12 heteroatoms. The maximum absolute atomic E-state index is 15.2. The van der Waals surface area contributed by atoms with Gasteiger partial charge in [0.15, 0.2) is 19.7 Å². The summed E-state index contributed by atoms with van der Waals surface area (Å²) in [6.45, 7) is 13.4. The fraction of sp³-hybridized carbons (Fsp3) is 0.686. The highest BCUT2D eigenvalue weighted by molar-refractivity contribution is 6.73. The number of rotatable bonds is 8. The second-order valence-corrected chi connectivity index (χ2v) is 19.3. The van der Waals surface area contributed by atoms with Crippen molar-refractivity contribution in [2.75, 3.05) is 6.61 Å². The van der Waals surface area contributed by atoms with Crippen molar-refractivity contribution in [2.24, 2.45) is 16.7 Å². The van der Waals surface area contributed by atoms with E-state index in [1.807, 2.05) is 20.8 Å². The normalized spacial score (nSPS) is 39.5. The van der Waals surface area contributed by atoms with Crippen LogP contribution in [-0.2, 0) is 28.2 Å². The Kier molecular flexibility index (Phi) is 9.27. The molecule has 0 radical (unpaired) electrons. The molecule has 1 saturated heterocycles. The first-order valence-corrected chi connectivity index (χ1v) is 19.2. The minimum absolute atomic E-state index is 0.0282. The van der Waals surface area contributed by atoms with Gasteiger partial charge in [0.25, 0.3) is 0 Å². The third-order valence-corrected chi connectivity index (χ3v) is 17.0. The van der Waals surface area contributed by atoms with E-state index >= 15 is 4.79 Å². The molecule has 10 atom stereocenters. The maximum Gasteiger partial charge on any atom is 0.338 e. The summed E-state index contributed by atoms with van der Waals surface area (Å²) in [5.41, 5.74) is -7.21. The van der Waals surface area contributed by atoms with Crippen LogP contribution in [0.2, 0.25) is 18.1 Å². The number of benzene rings is 1. The summed E-state index contributed by atoms with van der Waals surface area (Å²) in [5.74, 6) is -3.60. The van der Waals surface area contributed by atoms with Gasteiger partial charge in [-0.15, -0.1) is 0 Å². The maximum atomic E-state index is 15.2. The van der Waals surface area contributed by atoms with Gasteiger partial charge in [0.1, 0.15) is 36.1 Å². The van der Waals surface area contributed by atoms with Crippen LogP contribution in [0.5, 0.6) is 0 Å². The predicted octanol–water partition coefficient (Wildman–Crippen LogP) is 3.08. The smallest absolute Gasteiger partial charge is 0.338 e. The van der Waals surface area contributed by atoms with E-state index in [-0.39, 0.29) is 29.7 Å². The van der Waals surface area contributed by atoms with Gasteiger partial charge in [-0.1, -0.05) is 52.8 Å². The summed E-state index contributed by atoms with van der Waals surface area (Å²) in [4.78, 5) is 42.0. The Labute approximate surface area is 277 Å². The van der Waals surface area contributed by atoms with Gasteiger partial charge in [-0.05, 0) is 55.3 Å². The van der Waals surface area contributed by atoms with Gasteiger partial charge >= 0.3 is 11.9 Å². The molecule has 4 N–H and O–H groups in total. The number of ketones is 1. The number of Topliss-reactive ketones (excluding diaryl/α,β-unsaturated/α-hetero) is 1. The Hall–Kier alpha value is -2.45. The number of aliphatic hydroxyl groups excluding tert-OH is 3. The molecule has 3 aliphatic carbocycles. The molecule has 4 aliphatic rings. The predicted molar refractivity (Wildman–Crippen MR) is 173 cm³/mol. The Bertz CT molecular complexity index is 1430. The van der Waals surface area contributed by atoms with Gasteiger partial charge in [0.2, 0.25) is 0 Å². The van der Waals surface area contributed by atoms with Crippen molar-refractivity contribution in [1.82, 2.24) is 0 Å². The molecule has 1 aromatic rings. The topological polar surface area (TPSA) is 169 Å². The largest absolute Gasteiger partial charge is 0.455 e. The van der Waals surface area contributed by atoms with E-state index in [0.29, 0.717) is 0 Å². The molecule has 1 aromatic carbocycles. The van der Waals surface area contributed by atoms with Crippen LogP contribution in [0.3, 0.4) is 0 Å². The quantitative estimate of drug-likeness (QED) is 0.182. The zero-order valence-electron chi connectivity index (χ0n) is 28.6. The lowest BCUT2D eigenvalue weighted by Crippen LogP contribution is -2.84. The minimum Gasteiger partial charge on any atom is -0.455 e. The van der Waals surface area contributed by atoms with Gasteiger partial charge in [0.05, 0.1) is 29.6 Å². The van der Waals surface area contributed by atoms with Crippen LogP contribution < -0.4 is 0 Å². The van der Waals surface area contributed by atoms with E-state index in [2.05, 4.69) is 0 Å². The van der Waals surface area contributed by atoms with Crippen LogP contribution in [0.4, 0.5) is 0 Å². The van der Waals surface area contributed by atoms with Crippen LogP contribution in [0, 0.1) is 16.7 Å². The molecular formula is C35H50O11Si. The summed E-state index contributed by atoms with van der Waals surface area (Å²) in [7, 11) is -2.48. The molecule has 2 bridgehead atoms. The van der Waals surface area contributed by atoms with Gasteiger partial charge < -0.3 is 39.1 Å². The molecule has 260 valence electrons. The number of carbonyl (C=O) groups excluding carboxylic acids is 3. The first kappa shape index (κ1) is 35.8. The molecule has 11 nitrogen and oxygen atoms in total. The number of aliphatic hydroxyl groups is 4. The fourth-order valence-electron chi connectivity index (χ4n) is 9.24. The second kappa shape index (κ2) is 12.2. The average molecular weight is 675 g/mol. The van der Waals surface area contributed by atoms with E-state index in [0.717, 1.165) is 18.1 Å². The molecule has 3 fully saturated rings. The van der Waals surface area contributed by atoms with Crippen molar-refractivity contribution < 1.29 is 53.4 Å². The molecule has 1 heterocycles. The van der Waals surface area contributed by atoms with E-state index in [9.17, 15) is 30.0 Å². The average Bonchev–Trinajstić information content (AvgIpc) is 3.04. The van der Waals surface area contributed by atoms with Crippen molar-refractivity contribution in [1.29, 1.82) is 0 Å². The lowest BCUT2D eigenvalue weighted by Gasteiger charge is -2.68. The molecule has 0 aromatic heterocycles. The number of fused-ring (bicyclic) bond motifs is 5. The van der Waals surface area contributed by atoms with Crippen molar-refractivity contribution >= 4 is 26.0 Å². The fourth-order valence-corrected chi connectivity index (χ4v) is 12.2. The molecule has 1 aliphatic heterocycles. The Morgan fingerprint density at radius 1 is 1.02 bits per heavy atom. The van der Waals surface area contributed by atoms with Crippen LogP contribution in [0.25, 0.3) is 0 Å². The Balaban J connectivity index is 1.87. The summed E-state index contributed by atoms with van der Waals surface area (Å²) >= 11 is 0. The standard InChI is InChI=1S/C35H50O11Si/c1-9-47(10-2,11-3)46-22-17-23-34(18-43-23,45-20(5)36)27-30(44-31(41)21-15-13-12-14-16-21)35(42)29(40)25(37)19(4)24(32(35,6)7)26(38)28(39)33(22,27)8/h12-16,22-23,25-27,29-30,37-38,40,42H,9-11,17-18H2,1-8H3/t22-,23-,25-,26-,27+,29+,30+,33-,34+,35-/m1/s1. The first-order chi connectivity index (χ1) is 21.9. The van der Waals surface area contributed by atoms with Crippen molar-refractivity contribution in [3.8, 4) is 0 Å². The van der Waals surface area contributed by atoms with Crippen LogP contribution >= 0.6 is 0 Å². The highest BCUT2D eigenvalue weighted by Crippen LogP contribution is 2.64. The van der Waals surface area contributed by atoms with Crippen LogP contribution in [-0.4, -0.2) is 101 Å². The van der Waals surface area contributed by atoms with Crippen molar-refractivity contribution in [2.45, 2.75) is 128 Å². The lowest BCUT2D eigenvalue weighted by molar-refractivity contribution is -0.350. The summed E-state index contributed by atoms with van der Waals surface area (Å²) < 4.78 is 25.5. The van der Waals surface area contributed by atoms with E-state index in [1.54, 1.807) is 25.1 Å². The molecule has 0 unspecified atom stereocenters. The van der Waals surface area contributed by atoms with Crippen molar-refractivity contribution in [3.63, 3.8) is 0 Å². The minimum atomic E-state index is -2.51. The highest BCUT2D eigenvalue weighted by Gasteiger charge is 2.79. The van der Waals surface area contributed by atoms with Gasteiger partial charge in [-0.25, -0.2) is 4.79 Å². The molecule has 47 heavy (non-hydrogen) atoms. The van der Waals surface area contributed by atoms with Gasteiger partial charge in [0, 0.05) is 18.8 Å². The Morgan fingerprint density at radius 2 is 1.62 bits per heavy atom. The second-order valence-electron chi connectivity index (χ2n) is 14.6. The zero-order valence-corrected chi connectivity index (χ0v) is 29.6. The van der Waals surface area contributed by atoms with E-state index < -0.39 is 90.6 Å². The number of carbonyl (C=O) groups is 3. The first-order valence-electron chi connectivity index (χ1n) is 16.7. The molecule has 0 amide bonds. The number of hydrogen-bond donors (Lipinski definition) is 4. The molecule has 2 saturated carbocycles. The van der Waals surface area contributed by atoms with E-state index in [1.165, 1.54) is 39.8 Å².